The molecule has 0 unspecified atom stereocenters. The number of nitrogens with one attached hydrogen (secondary N) is 1. The van der Waals surface area contributed by atoms with Crippen LogP contribution in [-0.2, 0) is 12.8 Å². The van der Waals surface area contributed by atoms with E-state index in [0.29, 0.717) is 5.82 Å². The molecule has 0 radical (unpaired) electrons. The lowest BCUT2D eigenvalue weighted by molar-refractivity contribution is 0.632. The molecule has 0 aliphatic carbocycles. The molecule has 7 heteroatoms. The van der Waals surface area contributed by atoms with Crippen molar-refractivity contribution in [3.63, 3.8) is 0 Å². The van der Waals surface area contributed by atoms with Gasteiger partial charge in [-0.05, 0) is 18.1 Å². The quantitative estimate of drug-likeness (QED) is 0.478. The number of thioether (sulfide) groups is 1. The summed E-state index contributed by atoms with van der Waals surface area (Å²) in [6, 6.07) is 0. The molecule has 0 amide bonds. The van der Waals surface area contributed by atoms with Gasteiger partial charge in [0.2, 0.25) is 0 Å². The maximum Gasteiger partial charge on any atom is 0.163 e. The van der Waals surface area contributed by atoms with Crippen molar-refractivity contribution >= 4 is 28.6 Å². The SMILES string of the molecule is CC(C)CCSCc1nc(NN)c2cnn(C)c2n1. The van der Waals surface area contributed by atoms with Gasteiger partial charge in [-0.1, -0.05) is 13.8 Å². The first kappa shape index (κ1) is 14.1. The molecule has 19 heavy (non-hydrogen) atoms. The Kier molecular flexibility index (Phi) is 4.60. The van der Waals surface area contributed by atoms with E-state index in [-0.39, 0.29) is 0 Å². The predicted molar refractivity (Wildman–Crippen MR) is 79.7 cm³/mol. The Balaban J connectivity index is 2.12. The van der Waals surface area contributed by atoms with Gasteiger partial charge >= 0.3 is 0 Å². The number of hydrogen-bond donors (Lipinski definition) is 2. The largest absolute Gasteiger partial charge is 0.308 e. The van der Waals surface area contributed by atoms with Gasteiger partial charge in [-0.2, -0.15) is 16.9 Å². The van der Waals surface area contributed by atoms with Crippen molar-refractivity contribution in [2.45, 2.75) is 26.0 Å². The van der Waals surface area contributed by atoms with Crippen LogP contribution in [0.2, 0.25) is 0 Å². The third kappa shape index (κ3) is 3.36. The van der Waals surface area contributed by atoms with Gasteiger partial charge in [-0.3, -0.25) is 4.68 Å². The Labute approximate surface area is 117 Å². The smallest absolute Gasteiger partial charge is 0.163 e. The van der Waals surface area contributed by atoms with Crippen molar-refractivity contribution in [3.05, 3.63) is 12.0 Å². The molecule has 2 rings (SSSR count). The summed E-state index contributed by atoms with van der Waals surface area (Å²) in [7, 11) is 1.87. The highest BCUT2D eigenvalue weighted by atomic mass is 32.2. The van der Waals surface area contributed by atoms with E-state index in [1.54, 1.807) is 10.9 Å². The average Bonchev–Trinajstić information content (AvgIpc) is 2.76. The van der Waals surface area contributed by atoms with Gasteiger partial charge in [0.25, 0.3) is 0 Å². The fourth-order valence-electron chi connectivity index (χ4n) is 1.72. The zero-order valence-corrected chi connectivity index (χ0v) is 12.4. The van der Waals surface area contributed by atoms with Gasteiger partial charge < -0.3 is 5.43 Å². The monoisotopic (exact) mass is 280 g/mol. The minimum Gasteiger partial charge on any atom is -0.308 e. The Morgan fingerprint density at radius 3 is 2.89 bits per heavy atom. The molecule has 0 aliphatic rings. The molecule has 104 valence electrons. The van der Waals surface area contributed by atoms with Gasteiger partial charge in [0.15, 0.2) is 11.5 Å². The van der Waals surface area contributed by atoms with Crippen LogP contribution < -0.4 is 11.3 Å². The van der Waals surface area contributed by atoms with Gasteiger partial charge in [-0.25, -0.2) is 15.8 Å². The first-order chi connectivity index (χ1) is 9.11. The van der Waals surface area contributed by atoms with E-state index >= 15 is 0 Å². The summed E-state index contributed by atoms with van der Waals surface area (Å²) < 4.78 is 1.74. The number of nitrogens with zero attached hydrogens (tertiary/aromatic N) is 4. The average molecular weight is 280 g/mol. The Hall–Kier alpha value is -1.34. The van der Waals surface area contributed by atoms with E-state index in [1.165, 1.54) is 6.42 Å². The molecular formula is C12H20N6S. The van der Waals surface area contributed by atoms with Crippen LogP contribution in [0.3, 0.4) is 0 Å². The molecule has 2 heterocycles. The molecule has 6 nitrogen and oxygen atoms in total. The lowest BCUT2D eigenvalue weighted by Crippen LogP contribution is -2.11. The van der Waals surface area contributed by atoms with Gasteiger partial charge in [-0.15, -0.1) is 0 Å². The second kappa shape index (κ2) is 6.21. The molecule has 0 fully saturated rings. The van der Waals surface area contributed by atoms with Crippen LogP contribution in [0.15, 0.2) is 6.20 Å². The highest BCUT2D eigenvalue weighted by Crippen LogP contribution is 2.21. The highest BCUT2D eigenvalue weighted by molar-refractivity contribution is 7.98. The molecule has 0 spiro atoms. The number of fused-ring (bicyclic) bond motifs is 1. The number of hydrogen-bond acceptors (Lipinski definition) is 6. The minimum absolute atomic E-state index is 0.637. The molecule has 0 atom stereocenters. The van der Waals surface area contributed by atoms with Gasteiger partial charge in [0, 0.05) is 7.05 Å². The third-order valence-corrected chi connectivity index (χ3v) is 3.83. The molecule has 0 bridgehead atoms. The zero-order valence-electron chi connectivity index (χ0n) is 11.6. The third-order valence-electron chi connectivity index (χ3n) is 2.85. The molecule has 0 aliphatic heterocycles. The maximum absolute atomic E-state index is 5.50. The number of aryl methyl sites for hydroxylation is 1. The number of nitrogen functional groups attached to an aromatic ring is 1. The molecule has 0 saturated heterocycles. The second-order valence-electron chi connectivity index (χ2n) is 4.87. The van der Waals surface area contributed by atoms with Crippen LogP contribution >= 0.6 is 11.8 Å². The Morgan fingerprint density at radius 2 is 2.21 bits per heavy atom. The summed E-state index contributed by atoms with van der Waals surface area (Å²) in [6.45, 7) is 4.46. The zero-order chi connectivity index (χ0) is 13.8. The number of nitrogens with two attached hydrogens (primary N) is 1. The standard InChI is InChI=1S/C12H20N6S/c1-8(2)4-5-19-7-10-15-11(17-13)9-6-14-18(3)12(9)16-10/h6,8H,4-5,7,13H2,1-3H3,(H,15,16,17). The van der Waals surface area contributed by atoms with Crippen molar-refractivity contribution in [2.24, 2.45) is 18.8 Å². The molecule has 0 saturated carbocycles. The first-order valence-electron chi connectivity index (χ1n) is 6.34. The van der Waals surface area contributed by atoms with Crippen LogP contribution in [0, 0.1) is 5.92 Å². The van der Waals surface area contributed by atoms with Crippen molar-refractivity contribution in [1.29, 1.82) is 0 Å². The van der Waals surface area contributed by atoms with Crippen LogP contribution in [0.4, 0.5) is 5.82 Å². The Morgan fingerprint density at radius 1 is 1.42 bits per heavy atom. The first-order valence-corrected chi connectivity index (χ1v) is 7.50. The molecule has 2 aromatic rings. The van der Waals surface area contributed by atoms with Crippen LogP contribution in [0.1, 0.15) is 26.1 Å². The van der Waals surface area contributed by atoms with Gasteiger partial charge in [0.1, 0.15) is 5.82 Å². The number of anilines is 1. The summed E-state index contributed by atoms with van der Waals surface area (Å²) in [5.74, 6) is 9.58. The van der Waals surface area contributed by atoms with E-state index in [1.807, 2.05) is 18.8 Å². The lowest BCUT2D eigenvalue weighted by Gasteiger charge is -2.06. The van der Waals surface area contributed by atoms with E-state index in [9.17, 15) is 0 Å². The summed E-state index contributed by atoms with van der Waals surface area (Å²) in [4.78, 5) is 8.96. The Bertz CT molecular complexity index is 550. The fraction of sp³-hybridized carbons (Fsp3) is 0.583. The molecule has 0 aromatic carbocycles. The highest BCUT2D eigenvalue weighted by Gasteiger charge is 2.10. The van der Waals surface area contributed by atoms with Crippen molar-refractivity contribution < 1.29 is 0 Å². The normalized spacial score (nSPS) is 11.4. The van der Waals surface area contributed by atoms with Crippen molar-refractivity contribution in [2.75, 3.05) is 11.2 Å². The van der Waals surface area contributed by atoms with E-state index in [0.717, 1.165) is 34.3 Å². The number of rotatable bonds is 6. The number of aromatic nitrogens is 4. The van der Waals surface area contributed by atoms with E-state index in [4.69, 9.17) is 5.84 Å². The lowest BCUT2D eigenvalue weighted by atomic mass is 10.2. The summed E-state index contributed by atoms with van der Waals surface area (Å²) >= 11 is 1.85. The second-order valence-corrected chi connectivity index (χ2v) is 5.98. The predicted octanol–water partition coefficient (Wildman–Crippen LogP) is 1.93. The summed E-state index contributed by atoms with van der Waals surface area (Å²) in [5.41, 5.74) is 3.43. The van der Waals surface area contributed by atoms with Crippen LogP contribution in [0.5, 0.6) is 0 Å². The summed E-state index contributed by atoms with van der Waals surface area (Å²) in [6.07, 6.45) is 2.93. The topological polar surface area (TPSA) is 81.6 Å². The van der Waals surface area contributed by atoms with Crippen molar-refractivity contribution in [1.82, 2.24) is 19.7 Å². The molecule has 3 N–H and O–H groups in total. The van der Waals surface area contributed by atoms with E-state index < -0.39 is 0 Å². The van der Waals surface area contributed by atoms with Crippen molar-refractivity contribution in [3.8, 4) is 0 Å². The van der Waals surface area contributed by atoms with E-state index in [2.05, 4.69) is 34.3 Å². The minimum atomic E-state index is 0.637. The maximum atomic E-state index is 5.50. The summed E-state index contributed by atoms with van der Waals surface area (Å²) in [5, 5.41) is 5.03. The van der Waals surface area contributed by atoms with Crippen LogP contribution in [0.25, 0.3) is 11.0 Å². The number of hydrazine groups is 1. The van der Waals surface area contributed by atoms with Crippen LogP contribution in [-0.4, -0.2) is 25.5 Å². The fourth-order valence-corrected chi connectivity index (χ4v) is 2.82. The molecule has 2 aromatic heterocycles. The molecular weight excluding hydrogens is 260 g/mol. The van der Waals surface area contributed by atoms with Gasteiger partial charge in [0.05, 0.1) is 17.3 Å².